The molecule has 0 radical (unpaired) electrons. The van der Waals surface area contributed by atoms with Crippen molar-refractivity contribution in [3.63, 3.8) is 0 Å². The Morgan fingerprint density at radius 1 is 1.39 bits per heavy atom. The van der Waals surface area contributed by atoms with Crippen molar-refractivity contribution in [1.29, 1.82) is 0 Å². The Hall–Kier alpha value is -2.19. The number of thiazole rings is 1. The molecule has 1 aromatic heterocycles. The fourth-order valence-corrected chi connectivity index (χ4v) is 2.76. The van der Waals surface area contributed by atoms with Crippen LogP contribution in [0.4, 0.5) is 5.13 Å². The van der Waals surface area contributed by atoms with E-state index < -0.39 is 6.04 Å². The molecule has 6 nitrogen and oxygen atoms in total. The zero-order chi connectivity index (χ0) is 16.8. The van der Waals surface area contributed by atoms with Crippen LogP contribution in [0.3, 0.4) is 0 Å². The first-order valence-electron chi connectivity index (χ1n) is 7.06. The second kappa shape index (κ2) is 7.89. The lowest BCUT2D eigenvalue weighted by molar-refractivity contribution is -0.122. The van der Waals surface area contributed by atoms with Crippen LogP contribution in [0.25, 0.3) is 10.2 Å². The molecule has 0 unspecified atom stereocenters. The first-order valence-corrected chi connectivity index (χ1v) is 8.28. The molecule has 23 heavy (non-hydrogen) atoms. The average Bonchev–Trinajstić information content (AvgIpc) is 2.92. The summed E-state index contributed by atoms with van der Waals surface area (Å²) in [5.74, 6) is -0.233. The summed E-state index contributed by atoms with van der Waals surface area (Å²) in [5, 5.41) is 7.05. The standard InChI is InChI=1S/C15H19N5OS2/c1-9(2)8-16-14(22)20-19-13(21)10(3)17-15-18-11-6-4-5-7-12(11)23-15/h4-7,10H,1,8H2,2-3H3,(H,17,18)(H,19,21)(H2,16,20,22)/t10-/m1/s1. The van der Waals surface area contributed by atoms with Gasteiger partial charge in [0.05, 0.1) is 10.2 Å². The number of anilines is 1. The Morgan fingerprint density at radius 3 is 2.83 bits per heavy atom. The maximum atomic E-state index is 12.0. The topological polar surface area (TPSA) is 78.1 Å². The van der Waals surface area contributed by atoms with Crippen LogP contribution in [-0.4, -0.2) is 28.6 Å². The number of rotatable bonds is 5. The van der Waals surface area contributed by atoms with E-state index >= 15 is 0 Å². The van der Waals surface area contributed by atoms with Crippen molar-refractivity contribution in [1.82, 2.24) is 21.2 Å². The highest BCUT2D eigenvalue weighted by Gasteiger charge is 2.14. The van der Waals surface area contributed by atoms with Crippen molar-refractivity contribution < 1.29 is 4.79 Å². The van der Waals surface area contributed by atoms with Gasteiger partial charge in [-0.1, -0.05) is 35.6 Å². The van der Waals surface area contributed by atoms with Gasteiger partial charge in [-0.15, -0.1) is 0 Å². The Kier molecular flexibility index (Phi) is 5.89. The van der Waals surface area contributed by atoms with Gasteiger partial charge >= 0.3 is 0 Å². The van der Waals surface area contributed by atoms with Crippen molar-refractivity contribution in [3.05, 3.63) is 36.4 Å². The molecule has 1 atom stereocenters. The number of aromatic nitrogens is 1. The number of hydrogen-bond donors (Lipinski definition) is 4. The Balaban J connectivity index is 1.82. The third-order valence-electron chi connectivity index (χ3n) is 2.88. The molecule has 122 valence electrons. The minimum absolute atomic E-state index is 0.233. The quantitative estimate of drug-likeness (QED) is 0.376. The summed E-state index contributed by atoms with van der Waals surface area (Å²) in [4.78, 5) is 16.5. The predicted molar refractivity (Wildman–Crippen MR) is 99.4 cm³/mol. The maximum Gasteiger partial charge on any atom is 0.260 e. The van der Waals surface area contributed by atoms with Crippen LogP contribution >= 0.6 is 23.6 Å². The Labute approximate surface area is 144 Å². The van der Waals surface area contributed by atoms with Gasteiger partial charge in [-0.3, -0.25) is 15.6 Å². The van der Waals surface area contributed by atoms with E-state index in [0.717, 1.165) is 15.8 Å². The van der Waals surface area contributed by atoms with Crippen LogP contribution in [-0.2, 0) is 4.79 Å². The summed E-state index contributed by atoms with van der Waals surface area (Å²) >= 11 is 6.55. The van der Waals surface area contributed by atoms with Gasteiger partial charge in [-0.25, -0.2) is 4.98 Å². The van der Waals surface area contributed by atoms with Crippen molar-refractivity contribution >= 4 is 49.9 Å². The fraction of sp³-hybridized carbons (Fsp3) is 0.267. The smallest absolute Gasteiger partial charge is 0.260 e. The van der Waals surface area contributed by atoms with E-state index in [-0.39, 0.29) is 5.91 Å². The summed E-state index contributed by atoms with van der Waals surface area (Å²) in [5.41, 5.74) is 7.07. The molecule has 0 aliphatic rings. The molecule has 0 bridgehead atoms. The van der Waals surface area contributed by atoms with E-state index in [0.29, 0.717) is 16.8 Å². The van der Waals surface area contributed by atoms with Gasteiger partial charge in [-0.2, -0.15) is 0 Å². The summed E-state index contributed by atoms with van der Waals surface area (Å²) in [6.45, 7) is 7.96. The molecular weight excluding hydrogens is 330 g/mol. The van der Waals surface area contributed by atoms with Gasteiger partial charge in [0.2, 0.25) is 0 Å². The molecule has 0 aliphatic carbocycles. The van der Waals surface area contributed by atoms with Crippen LogP contribution in [0.2, 0.25) is 0 Å². The SMILES string of the molecule is C=C(C)CNC(=S)NNC(=O)[C@@H](C)Nc1nc2ccccc2s1. The lowest BCUT2D eigenvalue weighted by Crippen LogP contribution is -2.51. The number of fused-ring (bicyclic) bond motifs is 1. The number of hydrogen-bond acceptors (Lipinski definition) is 5. The molecule has 0 saturated heterocycles. The van der Waals surface area contributed by atoms with Crippen LogP contribution in [0.5, 0.6) is 0 Å². The van der Waals surface area contributed by atoms with Crippen LogP contribution in [0, 0.1) is 0 Å². The second-order valence-electron chi connectivity index (χ2n) is 5.11. The molecule has 1 heterocycles. The average molecular weight is 349 g/mol. The summed E-state index contributed by atoms with van der Waals surface area (Å²) < 4.78 is 1.07. The molecule has 0 spiro atoms. The number of carbonyl (C=O) groups excluding carboxylic acids is 1. The van der Waals surface area contributed by atoms with E-state index in [4.69, 9.17) is 12.2 Å². The number of carbonyl (C=O) groups is 1. The number of amides is 1. The van der Waals surface area contributed by atoms with Crippen LogP contribution in [0.15, 0.2) is 36.4 Å². The number of benzene rings is 1. The largest absolute Gasteiger partial charge is 0.358 e. The molecule has 2 rings (SSSR count). The zero-order valence-electron chi connectivity index (χ0n) is 13.0. The molecule has 0 aliphatic heterocycles. The minimum Gasteiger partial charge on any atom is -0.358 e. The Bertz CT molecular complexity index is 694. The molecular formula is C15H19N5OS2. The second-order valence-corrected chi connectivity index (χ2v) is 6.55. The van der Waals surface area contributed by atoms with Gasteiger partial charge in [0.1, 0.15) is 6.04 Å². The highest BCUT2D eigenvalue weighted by Crippen LogP contribution is 2.25. The van der Waals surface area contributed by atoms with Gasteiger partial charge in [-0.05, 0) is 38.2 Å². The fourth-order valence-electron chi connectivity index (χ4n) is 1.69. The monoisotopic (exact) mass is 349 g/mol. The number of nitrogens with zero attached hydrogens (tertiary/aromatic N) is 1. The summed E-state index contributed by atoms with van der Waals surface area (Å²) in [6, 6.07) is 7.38. The van der Waals surface area contributed by atoms with Crippen molar-refractivity contribution in [2.45, 2.75) is 19.9 Å². The van der Waals surface area contributed by atoms with Crippen LogP contribution in [0.1, 0.15) is 13.8 Å². The van der Waals surface area contributed by atoms with E-state index in [1.165, 1.54) is 11.3 Å². The highest BCUT2D eigenvalue weighted by atomic mass is 32.1. The normalized spacial score (nSPS) is 11.6. The van der Waals surface area contributed by atoms with Crippen molar-refractivity contribution in [2.24, 2.45) is 0 Å². The van der Waals surface area contributed by atoms with E-state index in [2.05, 4.69) is 33.0 Å². The number of hydrazine groups is 1. The van der Waals surface area contributed by atoms with Crippen molar-refractivity contribution in [3.8, 4) is 0 Å². The minimum atomic E-state index is -0.452. The molecule has 1 amide bonds. The molecule has 8 heteroatoms. The lowest BCUT2D eigenvalue weighted by atomic mass is 10.3. The molecule has 0 fully saturated rings. The first-order chi connectivity index (χ1) is 11.0. The number of thiocarbonyl (C=S) groups is 1. The van der Waals surface area contributed by atoms with Gasteiger partial charge in [0.15, 0.2) is 10.2 Å². The summed E-state index contributed by atoms with van der Waals surface area (Å²) in [6.07, 6.45) is 0. The number of para-hydroxylation sites is 1. The third-order valence-corrected chi connectivity index (χ3v) is 4.09. The third kappa shape index (κ3) is 5.19. The molecule has 1 aromatic carbocycles. The van der Waals surface area contributed by atoms with E-state index in [9.17, 15) is 4.79 Å². The zero-order valence-corrected chi connectivity index (χ0v) is 14.6. The Morgan fingerprint density at radius 2 is 2.13 bits per heavy atom. The lowest BCUT2D eigenvalue weighted by Gasteiger charge is -2.15. The molecule has 4 N–H and O–H groups in total. The summed E-state index contributed by atoms with van der Waals surface area (Å²) in [7, 11) is 0. The van der Waals surface area contributed by atoms with Crippen molar-refractivity contribution in [2.75, 3.05) is 11.9 Å². The maximum absolute atomic E-state index is 12.0. The molecule has 2 aromatic rings. The highest BCUT2D eigenvalue weighted by molar-refractivity contribution is 7.80. The van der Waals surface area contributed by atoms with Crippen LogP contribution < -0.4 is 21.5 Å². The van der Waals surface area contributed by atoms with Gasteiger partial charge in [0.25, 0.3) is 5.91 Å². The van der Waals surface area contributed by atoms with Gasteiger partial charge < -0.3 is 10.6 Å². The number of nitrogens with one attached hydrogen (secondary N) is 4. The van der Waals surface area contributed by atoms with E-state index in [1.807, 2.05) is 31.2 Å². The van der Waals surface area contributed by atoms with Gasteiger partial charge in [0, 0.05) is 6.54 Å². The predicted octanol–water partition coefficient (Wildman–Crippen LogP) is 2.17. The molecule has 0 saturated carbocycles. The van der Waals surface area contributed by atoms with E-state index in [1.54, 1.807) is 6.92 Å². The first kappa shape index (κ1) is 17.2.